The van der Waals surface area contributed by atoms with Crippen LogP contribution in [0.4, 0.5) is 4.39 Å². The summed E-state index contributed by atoms with van der Waals surface area (Å²) >= 11 is 0. The van der Waals surface area contributed by atoms with E-state index in [4.69, 9.17) is 18.9 Å². The highest BCUT2D eigenvalue weighted by Crippen LogP contribution is 2.29. The molecule has 0 aliphatic heterocycles. The zero-order chi connectivity index (χ0) is 25.8. The Bertz CT molecular complexity index is 1180. The van der Waals surface area contributed by atoms with Gasteiger partial charge in [0.25, 0.3) is 5.91 Å². The number of amides is 1. The van der Waals surface area contributed by atoms with Crippen LogP contribution in [-0.2, 0) is 4.79 Å². The average Bonchev–Trinajstić information content (AvgIpc) is 2.89. The molecule has 0 spiro atoms. The molecule has 3 aromatic rings. The minimum atomic E-state index is -0.534. The molecule has 0 saturated heterocycles. The van der Waals surface area contributed by atoms with E-state index in [2.05, 4.69) is 10.5 Å². The molecule has 0 radical (unpaired) electrons. The molecule has 1 amide bonds. The monoisotopic (exact) mass is 494 g/mol. The van der Waals surface area contributed by atoms with Crippen molar-refractivity contribution in [1.82, 2.24) is 5.43 Å². The zero-order valence-electron chi connectivity index (χ0n) is 20.0. The summed E-state index contributed by atoms with van der Waals surface area (Å²) in [5.41, 5.74) is 3.32. The number of hydrogen-bond acceptors (Lipinski definition) is 7. The van der Waals surface area contributed by atoms with E-state index in [0.29, 0.717) is 41.6 Å². The molecule has 9 heteroatoms. The molecule has 1 N–H and O–H groups in total. The Hall–Kier alpha value is -4.40. The molecule has 36 heavy (non-hydrogen) atoms. The fourth-order valence-electron chi connectivity index (χ4n) is 2.91. The summed E-state index contributed by atoms with van der Waals surface area (Å²) < 4.78 is 34.8. The van der Waals surface area contributed by atoms with Crippen molar-refractivity contribution in [2.24, 2.45) is 5.10 Å². The van der Waals surface area contributed by atoms with Gasteiger partial charge in [-0.15, -0.1) is 0 Å². The summed E-state index contributed by atoms with van der Waals surface area (Å²) in [6, 6.07) is 16.9. The molecule has 3 aromatic carbocycles. The van der Waals surface area contributed by atoms with Gasteiger partial charge in [-0.1, -0.05) is 6.92 Å². The van der Waals surface area contributed by atoms with E-state index in [0.717, 1.165) is 6.42 Å². The van der Waals surface area contributed by atoms with Gasteiger partial charge in [-0.2, -0.15) is 5.10 Å². The number of carbonyl (C=O) groups excluding carboxylic acids is 2. The lowest BCUT2D eigenvalue weighted by Gasteiger charge is -2.12. The van der Waals surface area contributed by atoms with Crippen molar-refractivity contribution >= 4 is 18.1 Å². The molecule has 8 nitrogen and oxygen atoms in total. The third-order valence-electron chi connectivity index (χ3n) is 4.62. The molecule has 0 fully saturated rings. The average molecular weight is 495 g/mol. The summed E-state index contributed by atoms with van der Waals surface area (Å²) in [6.07, 6.45) is 2.31. The van der Waals surface area contributed by atoms with Gasteiger partial charge in [0.1, 0.15) is 17.3 Å². The minimum absolute atomic E-state index is 0.252. The lowest BCUT2D eigenvalue weighted by Crippen LogP contribution is -2.24. The van der Waals surface area contributed by atoms with Gasteiger partial charge in [-0.05, 0) is 85.6 Å². The zero-order valence-corrected chi connectivity index (χ0v) is 20.0. The van der Waals surface area contributed by atoms with Crippen LogP contribution in [0.1, 0.15) is 36.2 Å². The first kappa shape index (κ1) is 26.2. The smallest absolute Gasteiger partial charge is 0.343 e. The molecule has 0 unspecified atom stereocenters. The number of halogens is 1. The Morgan fingerprint density at radius 2 is 1.58 bits per heavy atom. The molecule has 0 atom stereocenters. The molecule has 0 saturated carbocycles. The lowest BCUT2D eigenvalue weighted by atomic mass is 10.2. The van der Waals surface area contributed by atoms with E-state index in [1.54, 1.807) is 42.5 Å². The minimum Gasteiger partial charge on any atom is -0.494 e. The summed E-state index contributed by atoms with van der Waals surface area (Å²) in [7, 11) is 0. The van der Waals surface area contributed by atoms with Crippen molar-refractivity contribution in [3.8, 4) is 23.0 Å². The number of benzene rings is 3. The van der Waals surface area contributed by atoms with Crippen LogP contribution in [0.5, 0.6) is 23.0 Å². The third kappa shape index (κ3) is 8.12. The summed E-state index contributed by atoms with van der Waals surface area (Å²) in [5.74, 6) is 0.231. The fraction of sp³-hybridized carbons (Fsp3) is 0.222. The Morgan fingerprint density at radius 1 is 0.889 bits per heavy atom. The molecule has 188 valence electrons. The van der Waals surface area contributed by atoms with Crippen LogP contribution in [0.25, 0.3) is 0 Å². The number of nitrogens with one attached hydrogen (secondary N) is 1. The van der Waals surface area contributed by atoms with Gasteiger partial charge >= 0.3 is 5.97 Å². The normalized spacial score (nSPS) is 10.6. The van der Waals surface area contributed by atoms with Crippen LogP contribution in [0.2, 0.25) is 0 Å². The van der Waals surface area contributed by atoms with Gasteiger partial charge in [0.15, 0.2) is 18.1 Å². The van der Waals surface area contributed by atoms with Gasteiger partial charge in [-0.3, -0.25) is 4.79 Å². The highest BCUT2D eigenvalue weighted by atomic mass is 19.1. The maximum Gasteiger partial charge on any atom is 0.343 e. The van der Waals surface area contributed by atoms with E-state index < -0.39 is 17.7 Å². The van der Waals surface area contributed by atoms with Gasteiger partial charge in [0.2, 0.25) is 0 Å². The Balaban J connectivity index is 1.57. The van der Waals surface area contributed by atoms with Crippen molar-refractivity contribution in [3.05, 3.63) is 83.7 Å². The molecule has 0 aliphatic rings. The predicted molar refractivity (Wildman–Crippen MR) is 132 cm³/mol. The Kier molecular flexibility index (Phi) is 9.81. The van der Waals surface area contributed by atoms with Crippen LogP contribution >= 0.6 is 0 Å². The van der Waals surface area contributed by atoms with Crippen LogP contribution in [0.15, 0.2) is 71.8 Å². The maximum atomic E-state index is 12.9. The quantitative estimate of drug-likeness (QED) is 0.169. The van der Waals surface area contributed by atoms with Gasteiger partial charge in [0, 0.05) is 0 Å². The summed E-state index contributed by atoms with van der Waals surface area (Å²) in [6.45, 7) is 4.50. The second-order valence-electron chi connectivity index (χ2n) is 7.44. The van der Waals surface area contributed by atoms with Crippen molar-refractivity contribution in [2.75, 3.05) is 19.8 Å². The number of rotatable bonds is 12. The molecule has 0 bridgehead atoms. The molecular formula is C27H27FN2O6. The number of esters is 1. The molecule has 0 aromatic heterocycles. The first-order valence-electron chi connectivity index (χ1n) is 11.4. The highest BCUT2D eigenvalue weighted by molar-refractivity contribution is 5.92. The van der Waals surface area contributed by atoms with E-state index in [1.165, 1.54) is 30.5 Å². The standard InChI is InChI=1S/C27H27FN2O6/c1-3-15-34-22-10-6-20(7-11-22)27(32)36-24-14-5-19(16-25(24)33-4-2)17-29-30-26(31)18-35-23-12-8-21(28)9-13-23/h5-14,16-17H,3-4,15,18H2,1-2H3,(H,30,31). The van der Waals surface area contributed by atoms with Gasteiger partial charge in [0.05, 0.1) is 25.0 Å². The topological polar surface area (TPSA) is 95.5 Å². The summed E-state index contributed by atoms with van der Waals surface area (Å²) in [4.78, 5) is 24.5. The van der Waals surface area contributed by atoms with E-state index in [-0.39, 0.29) is 12.4 Å². The second-order valence-corrected chi connectivity index (χ2v) is 7.44. The van der Waals surface area contributed by atoms with E-state index in [9.17, 15) is 14.0 Å². The largest absolute Gasteiger partial charge is 0.494 e. The van der Waals surface area contributed by atoms with Crippen LogP contribution in [0.3, 0.4) is 0 Å². The number of nitrogens with zero attached hydrogens (tertiary/aromatic N) is 1. The third-order valence-corrected chi connectivity index (χ3v) is 4.62. The first-order valence-corrected chi connectivity index (χ1v) is 11.4. The lowest BCUT2D eigenvalue weighted by molar-refractivity contribution is -0.123. The first-order chi connectivity index (χ1) is 17.5. The van der Waals surface area contributed by atoms with Crippen LogP contribution in [-0.4, -0.2) is 37.9 Å². The SMILES string of the molecule is CCCOc1ccc(C(=O)Oc2ccc(C=NNC(=O)COc3ccc(F)cc3)cc2OCC)cc1. The van der Waals surface area contributed by atoms with Crippen molar-refractivity contribution < 1.29 is 32.9 Å². The molecular weight excluding hydrogens is 467 g/mol. The Morgan fingerprint density at radius 3 is 2.28 bits per heavy atom. The van der Waals surface area contributed by atoms with Crippen molar-refractivity contribution in [1.29, 1.82) is 0 Å². The Labute approximate surface area is 208 Å². The van der Waals surface area contributed by atoms with Crippen molar-refractivity contribution in [2.45, 2.75) is 20.3 Å². The second kappa shape index (κ2) is 13.5. The fourth-order valence-corrected chi connectivity index (χ4v) is 2.91. The van der Waals surface area contributed by atoms with E-state index >= 15 is 0 Å². The molecule has 0 aliphatic carbocycles. The summed E-state index contributed by atoms with van der Waals surface area (Å²) in [5, 5.41) is 3.90. The predicted octanol–water partition coefficient (Wildman–Crippen LogP) is 4.76. The van der Waals surface area contributed by atoms with E-state index in [1.807, 2.05) is 13.8 Å². The maximum absolute atomic E-state index is 12.9. The van der Waals surface area contributed by atoms with Gasteiger partial charge < -0.3 is 18.9 Å². The van der Waals surface area contributed by atoms with Crippen molar-refractivity contribution in [3.63, 3.8) is 0 Å². The highest BCUT2D eigenvalue weighted by Gasteiger charge is 2.13. The number of hydrogen-bond donors (Lipinski definition) is 1. The molecule has 3 rings (SSSR count). The number of ether oxygens (including phenoxy) is 4. The molecule has 0 heterocycles. The van der Waals surface area contributed by atoms with Crippen LogP contribution < -0.4 is 24.4 Å². The number of carbonyl (C=O) groups is 2. The van der Waals surface area contributed by atoms with Crippen LogP contribution in [0, 0.1) is 5.82 Å². The van der Waals surface area contributed by atoms with Gasteiger partial charge in [-0.25, -0.2) is 14.6 Å². The number of hydrazone groups is 1.